The molecule has 0 radical (unpaired) electrons. The third kappa shape index (κ3) is 2.04. The van der Waals surface area contributed by atoms with Gasteiger partial charge in [-0.2, -0.15) is 0 Å². The van der Waals surface area contributed by atoms with Crippen molar-refractivity contribution in [3.8, 4) is 11.5 Å². The van der Waals surface area contributed by atoms with E-state index in [9.17, 15) is 15.0 Å². The van der Waals surface area contributed by atoms with Gasteiger partial charge in [-0.15, -0.1) is 0 Å². The number of benzene rings is 1. The zero-order valence-electron chi connectivity index (χ0n) is 10.7. The maximum Gasteiger partial charge on any atom is 0.308 e. The second-order valence-corrected chi connectivity index (χ2v) is 5.42. The molecule has 1 aromatic rings. The monoisotopic (exact) mass is 263 g/mol. The topological polar surface area (TPSA) is 70.0 Å². The SMILES string of the molecule is CC1CN(C2COc3cc(O)ccc32)CC1C(=O)O. The molecule has 19 heavy (non-hydrogen) atoms. The van der Waals surface area contributed by atoms with Crippen molar-refractivity contribution >= 4 is 5.97 Å². The number of aliphatic carboxylic acids is 1. The van der Waals surface area contributed by atoms with Crippen LogP contribution in [0.5, 0.6) is 11.5 Å². The molecule has 2 N–H and O–H groups in total. The van der Waals surface area contributed by atoms with E-state index in [1.807, 2.05) is 13.0 Å². The van der Waals surface area contributed by atoms with Crippen LogP contribution < -0.4 is 4.74 Å². The van der Waals surface area contributed by atoms with Crippen LogP contribution in [0.4, 0.5) is 0 Å². The zero-order valence-corrected chi connectivity index (χ0v) is 10.7. The number of aromatic hydroxyl groups is 1. The van der Waals surface area contributed by atoms with Crippen molar-refractivity contribution in [3.05, 3.63) is 23.8 Å². The Kier molecular flexibility index (Phi) is 2.86. The van der Waals surface area contributed by atoms with Crippen LogP contribution in [0.2, 0.25) is 0 Å². The van der Waals surface area contributed by atoms with Crippen LogP contribution in [0.1, 0.15) is 18.5 Å². The smallest absolute Gasteiger partial charge is 0.308 e. The fraction of sp³-hybridized carbons (Fsp3) is 0.500. The van der Waals surface area contributed by atoms with Crippen LogP contribution in [-0.2, 0) is 4.79 Å². The summed E-state index contributed by atoms with van der Waals surface area (Å²) in [5.41, 5.74) is 1.04. The van der Waals surface area contributed by atoms with Crippen molar-refractivity contribution in [3.63, 3.8) is 0 Å². The lowest BCUT2D eigenvalue weighted by molar-refractivity contribution is -0.142. The van der Waals surface area contributed by atoms with Crippen molar-refractivity contribution in [1.29, 1.82) is 0 Å². The third-order valence-electron chi connectivity index (χ3n) is 4.15. The van der Waals surface area contributed by atoms with Crippen molar-refractivity contribution in [1.82, 2.24) is 4.90 Å². The average Bonchev–Trinajstić information content (AvgIpc) is 2.91. The highest BCUT2D eigenvalue weighted by molar-refractivity contribution is 5.71. The summed E-state index contributed by atoms with van der Waals surface area (Å²) in [5.74, 6) is 0.0219. The van der Waals surface area contributed by atoms with Gasteiger partial charge in [-0.25, -0.2) is 0 Å². The van der Waals surface area contributed by atoms with Gasteiger partial charge >= 0.3 is 5.97 Å². The van der Waals surface area contributed by atoms with Crippen molar-refractivity contribution in [2.75, 3.05) is 19.7 Å². The second kappa shape index (κ2) is 4.42. The van der Waals surface area contributed by atoms with E-state index in [4.69, 9.17) is 4.74 Å². The number of rotatable bonds is 2. The molecule has 2 heterocycles. The van der Waals surface area contributed by atoms with E-state index in [0.717, 1.165) is 12.1 Å². The summed E-state index contributed by atoms with van der Waals surface area (Å²) in [7, 11) is 0. The predicted octanol–water partition coefficient (Wildman–Crippen LogP) is 1.48. The Bertz CT molecular complexity index is 516. The normalized spacial score (nSPS) is 30.1. The number of carbonyl (C=O) groups is 1. The summed E-state index contributed by atoms with van der Waals surface area (Å²) in [6.45, 7) is 3.83. The number of carboxylic acids is 1. The van der Waals surface area contributed by atoms with Gasteiger partial charge in [-0.3, -0.25) is 9.69 Å². The summed E-state index contributed by atoms with van der Waals surface area (Å²) in [6, 6.07) is 5.22. The molecular formula is C14H17NO4. The first-order valence-electron chi connectivity index (χ1n) is 6.49. The van der Waals surface area contributed by atoms with Crippen molar-refractivity contribution in [2.24, 2.45) is 11.8 Å². The van der Waals surface area contributed by atoms with Crippen LogP contribution in [-0.4, -0.2) is 40.8 Å². The maximum atomic E-state index is 11.2. The number of carboxylic acid groups (broad SMARTS) is 1. The number of phenols is 1. The van der Waals surface area contributed by atoms with Gasteiger partial charge in [0.25, 0.3) is 0 Å². The van der Waals surface area contributed by atoms with Crippen LogP contribution in [0.25, 0.3) is 0 Å². The van der Waals surface area contributed by atoms with E-state index in [-0.39, 0.29) is 23.6 Å². The number of phenolic OH excluding ortho intramolecular Hbond substituents is 1. The van der Waals surface area contributed by atoms with Gasteiger partial charge in [0.05, 0.1) is 12.0 Å². The summed E-state index contributed by atoms with van der Waals surface area (Å²) in [6.07, 6.45) is 0. The van der Waals surface area contributed by atoms with E-state index in [0.29, 0.717) is 18.9 Å². The minimum atomic E-state index is -0.722. The number of likely N-dealkylation sites (tertiary alicyclic amines) is 1. The molecule has 5 heteroatoms. The minimum absolute atomic E-state index is 0.0994. The molecule has 0 aliphatic carbocycles. The van der Waals surface area contributed by atoms with Crippen LogP contribution >= 0.6 is 0 Å². The van der Waals surface area contributed by atoms with Crippen LogP contribution in [0, 0.1) is 11.8 Å². The Morgan fingerprint density at radius 2 is 2.21 bits per heavy atom. The standard InChI is InChI=1S/C14H17NO4/c1-8-5-15(6-11(8)14(17)18)12-7-19-13-4-9(16)2-3-10(12)13/h2-4,8,11-12,16H,5-7H2,1H3,(H,17,18). The first-order valence-corrected chi connectivity index (χ1v) is 6.49. The molecule has 1 saturated heterocycles. The molecule has 0 bridgehead atoms. The van der Waals surface area contributed by atoms with Gasteiger partial charge in [0, 0.05) is 24.7 Å². The summed E-state index contributed by atoms with van der Waals surface area (Å²) in [5, 5.41) is 18.6. The van der Waals surface area contributed by atoms with Crippen molar-refractivity contribution < 1.29 is 19.7 Å². The summed E-state index contributed by atoms with van der Waals surface area (Å²) >= 11 is 0. The predicted molar refractivity (Wildman–Crippen MR) is 68.2 cm³/mol. The highest BCUT2D eigenvalue weighted by Crippen LogP contribution is 2.40. The van der Waals surface area contributed by atoms with Crippen LogP contribution in [0.15, 0.2) is 18.2 Å². The van der Waals surface area contributed by atoms with E-state index >= 15 is 0 Å². The molecule has 3 atom stereocenters. The zero-order chi connectivity index (χ0) is 13.6. The van der Waals surface area contributed by atoms with Gasteiger partial charge in [-0.05, 0) is 18.1 Å². The summed E-state index contributed by atoms with van der Waals surface area (Å²) in [4.78, 5) is 13.3. The van der Waals surface area contributed by atoms with E-state index in [2.05, 4.69) is 4.90 Å². The number of hydrogen-bond acceptors (Lipinski definition) is 4. The van der Waals surface area contributed by atoms with Gasteiger partial charge in [0.1, 0.15) is 18.1 Å². The number of ether oxygens (including phenoxy) is 1. The van der Waals surface area contributed by atoms with E-state index in [1.54, 1.807) is 12.1 Å². The lowest BCUT2D eigenvalue weighted by atomic mass is 9.99. The molecule has 1 fully saturated rings. The first kappa shape index (κ1) is 12.3. The first-order chi connectivity index (χ1) is 9.06. The Labute approximate surface area is 111 Å². The maximum absolute atomic E-state index is 11.2. The largest absolute Gasteiger partial charge is 0.508 e. The molecule has 1 aromatic carbocycles. The van der Waals surface area contributed by atoms with E-state index in [1.165, 1.54) is 0 Å². The molecule has 0 aromatic heterocycles. The van der Waals surface area contributed by atoms with Gasteiger partial charge < -0.3 is 14.9 Å². The molecule has 0 spiro atoms. The fourth-order valence-corrected chi connectivity index (χ4v) is 3.06. The average molecular weight is 263 g/mol. The highest BCUT2D eigenvalue weighted by atomic mass is 16.5. The molecule has 0 amide bonds. The van der Waals surface area contributed by atoms with Crippen molar-refractivity contribution in [2.45, 2.75) is 13.0 Å². The van der Waals surface area contributed by atoms with Gasteiger partial charge in [0.15, 0.2) is 0 Å². The van der Waals surface area contributed by atoms with Gasteiger partial charge in [0.2, 0.25) is 0 Å². The molecule has 102 valence electrons. The Morgan fingerprint density at radius 1 is 1.42 bits per heavy atom. The quantitative estimate of drug-likeness (QED) is 0.845. The Hall–Kier alpha value is -1.75. The lowest BCUT2D eigenvalue weighted by Gasteiger charge is -2.22. The Balaban J connectivity index is 1.81. The van der Waals surface area contributed by atoms with Crippen LogP contribution in [0.3, 0.4) is 0 Å². The molecule has 2 aliphatic rings. The summed E-state index contributed by atoms with van der Waals surface area (Å²) < 4.78 is 5.59. The molecular weight excluding hydrogens is 246 g/mol. The molecule has 0 saturated carbocycles. The highest BCUT2D eigenvalue weighted by Gasteiger charge is 2.40. The molecule has 2 aliphatic heterocycles. The minimum Gasteiger partial charge on any atom is -0.508 e. The van der Waals surface area contributed by atoms with E-state index < -0.39 is 5.97 Å². The molecule has 3 unspecified atom stereocenters. The molecule has 3 rings (SSSR count). The molecule has 5 nitrogen and oxygen atoms in total. The third-order valence-corrected chi connectivity index (χ3v) is 4.15. The lowest BCUT2D eigenvalue weighted by Crippen LogP contribution is -2.28. The van der Waals surface area contributed by atoms with Gasteiger partial charge in [-0.1, -0.05) is 6.92 Å². The Morgan fingerprint density at radius 3 is 2.89 bits per heavy atom. The number of nitrogens with zero attached hydrogens (tertiary/aromatic N) is 1. The fourth-order valence-electron chi connectivity index (χ4n) is 3.06. The number of fused-ring (bicyclic) bond motifs is 1. The number of hydrogen-bond donors (Lipinski definition) is 2. The second-order valence-electron chi connectivity index (χ2n) is 5.42.